The Balaban J connectivity index is 2.41. The molecule has 1 unspecified atom stereocenters. The molecule has 0 aliphatic carbocycles. The van der Waals surface area contributed by atoms with Crippen LogP contribution >= 0.6 is 0 Å². The van der Waals surface area contributed by atoms with Crippen LogP contribution in [0.1, 0.15) is 46.0 Å². The molecule has 2 N–H and O–H groups in total. The molecule has 1 heterocycles. The summed E-state index contributed by atoms with van der Waals surface area (Å²) in [5.74, 6) is -1.68. The highest BCUT2D eigenvalue weighted by Crippen LogP contribution is 2.32. The Morgan fingerprint density at radius 2 is 1.85 bits per heavy atom. The molecule has 2 rings (SSSR count). The van der Waals surface area contributed by atoms with E-state index in [0.717, 1.165) is 12.1 Å². The molecule has 26 heavy (non-hydrogen) atoms. The van der Waals surface area contributed by atoms with Crippen molar-refractivity contribution in [2.24, 2.45) is 0 Å². The normalized spacial score (nSPS) is 13.6. The van der Waals surface area contributed by atoms with E-state index in [4.69, 9.17) is 4.42 Å². The summed E-state index contributed by atoms with van der Waals surface area (Å²) in [4.78, 5) is 10.8. The maximum Gasteiger partial charge on any atom is 0.416 e. The first-order valence-electron chi connectivity index (χ1n) is 7.37. The zero-order valence-electron chi connectivity index (χ0n) is 14.0. The van der Waals surface area contributed by atoms with Gasteiger partial charge in [-0.25, -0.2) is 17.9 Å². The van der Waals surface area contributed by atoms with E-state index in [1.165, 1.54) is 32.9 Å². The van der Waals surface area contributed by atoms with Crippen LogP contribution in [0.2, 0.25) is 0 Å². The van der Waals surface area contributed by atoms with E-state index < -0.39 is 44.2 Å². The van der Waals surface area contributed by atoms with Crippen molar-refractivity contribution in [3.8, 4) is 0 Å². The van der Waals surface area contributed by atoms with Gasteiger partial charge < -0.3 is 9.52 Å². The lowest BCUT2D eigenvalue weighted by molar-refractivity contribution is -0.137. The van der Waals surface area contributed by atoms with E-state index in [9.17, 15) is 31.5 Å². The molecule has 1 atom stereocenters. The number of hydrogen-bond acceptors (Lipinski definition) is 4. The van der Waals surface area contributed by atoms with Crippen LogP contribution in [-0.4, -0.2) is 19.5 Å². The van der Waals surface area contributed by atoms with Crippen LogP contribution in [-0.2, 0) is 16.2 Å². The number of halogens is 3. The number of carboxylic acids is 1. The first-order valence-corrected chi connectivity index (χ1v) is 8.85. The van der Waals surface area contributed by atoms with Gasteiger partial charge >= 0.3 is 12.1 Å². The van der Waals surface area contributed by atoms with E-state index in [1.54, 1.807) is 0 Å². The molecule has 1 aromatic carbocycles. The molecule has 10 heteroatoms. The molecule has 0 aliphatic heterocycles. The van der Waals surface area contributed by atoms with Gasteiger partial charge in [0.1, 0.15) is 22.0 Å². The van der Waals surface area contributed by atoms with Crippen molar-refractivity contribution in [2.75, 3.05) is 0 Å². The molecule has 0 bridgehead atoms. The number of hydrogen-bond donors (Lipinski definition) is 2. The molecule has 0 saturated carbocycles. The predicted molar refractivity (Wildman–Crippen MR) is 85.3 cm³/mol. The van der Waals surface area contributed by atoms with Gasteiger partial charge in [0.25, 0.3) is 0 Å². The standard InChI is InChI=1S/C16H16F3NO5S/c1-8(11-5-4-6-12(7-11)16(17,18)19)20-26(23,24)14-10(3)25-9(2)13(14)15(21)22/h4-8,20H,1-3H3,(H,21,22). The topological polar surface area (TPSA) is 96.6 Å². The molecule has 0 fully saturated rings. The van der Waals surface area contributed by atoms with Crippen molar-refractivity contribution in [3.05, 3.63) is 52.5 Å². The number of aryl methyl sites for hydroxylation is 2. The molecule has 1 aromatic heterocycles. The van der Waals surface area contributed by atoms with Crippen LogP contribution < -0.4 is 4.72 Å². The van der Waals surface area contributed by atoms with Gasteiger partial charge in [-0.15, -0.1) is 0 Å². The average Bonchev–Trinajstić information content (AvgIpc) is 2.81. The number of alkyl halides is 3. The van der Waals surface area contributed by atoms with Crippen molar-refractivity contribution in [2.45, 2.75) is 37.9 Å². The summed E-state index contributed by atoms with van der Waals surface area (Å²) in [6, 6.07) is 3.18. The van der Waals surface area contributed by atoms with Gasteiger partial charge in [-0.05, 0) is 38.5 Å². The minimum Gasteiger partial charge on any atom is -0.478 e. The van der Waals surface area contributed by atoms with Gasteiger partial charge in [0.15, 0.2) is 0 Å². The smallest absolute Gasteiger partial charge is 0.416 e. The second-order valence-corrected chi connectivity index (χ2v) is 7.34. The van der Waals surface area contributed by atoms with Crippen LogP contribution in [0.15, 0.2) is 33.6 Å². The van der Waals surface area contributed by atoms with Crippen LogP contribution in [0.25, 0.3) is 0 Å². The van der Waals surface area contributed by atoms with Crippen molar-refractivity contribution in [1.29, 1.82) is 0 Å². The van der Waals surface area contributed by atoms with Gasteiger partial charge in [0.05, 0.1) is 5.56 Å². The summed E-state index contributed by atoms with van der Waals surface area (Å²) in [7, 11) is -4.35. The van der Waals surface area contributed by atoms with Gasteiger partial charge in [-0.1, -0.05) is 12.1 Å². The first kappa shape index (κ1) is 20.0. The van der Waals surface area contributed by atoms with Gasteiger partial charge in [0, 0.05) is 6.04 Å². The molecular formula is C16H16F3NO5S. The molecule has 0 aliphatic rings. The molecule has 0 saturated heterocycles. The lowest BCUT2D eigenvalue weighted by Crippen LogP contribution is -2.28. The lowest BCUT2D eigenvalue weighted by atomic mass is 10.1. The summed E-state index contributed by atoms with van der Waals surface area (Å²) in [5.41, 5.74) is -1.34. The van der Waals surface area contributed by atoms with E-state index in [0.29, 0.717) is 0 Å². The highest BCUT2D eigenvalue weighted by Gasteiger charge is 2.33. The fraction of sp³-hybridized carbons (Fsp3) is 0.312. The molecule has 2 aromatic rings. The second-order valence-electron chi connectivity index (χ2n) is 5.69. The minimum atomic E-state index is -4.57. The number of rotatable bonds is 5. The lowest BCUT2D eigenvalue weighted by Gasteiger charge is -2.16. The Hall–Kier alpha value is -2.33. The van der Waals surface area contributed by atoms with E-state index in [1.807, 2.05) is 0 Å². The summed E-state index contributed by atoms with van der Waals surface area (Å²) in [6.07, 6.45) is -4.57. The van der Waals surface area contributed by atoms with Crippen LogP contribution in [0.4, 0.5) is 13.2 Å². The highest BCUT2D eigenvalue weighted by atomic mass is 32.2. The monoisotopic (exact) mass is 391 g/mol. The Morgan fingerprint density at radius 3 is 2.38 bits per heavy atom. The fourth-order valence-corrected chi connectivity index (χ4v) is 4.22. The average molecular weight is 391 g/mol. The zero-order chi connectivity index (χ0) is 19.9. The zero-order valence-corrected chi connectivity index (χ0v) is 14.8. The number of nitrogens with one attached hydrogen (secondary N) is 1. The third-order valence-corrected chi connectivity index (χ3v) is 5.43. The van der Waals surface area contributed by atoms with Crippen LogP contribution in [0.3, 0.4) is 0 Å². The maximum atomic E-state index is 12.8. The molecule has 142 valence electrons. The Morgan fingerprint density at radius 1 is 1.23 bits per heavy atom. The number of benzene rings is 1. The summed E-state index contributed by atoms with van der Waals surface area (Å²) in [6.45, 7) is 3.96. The maximum absolute atomic E-state index is 12.8. The number of furan rings is 1. The van der Waals surface area contributed by atoms with Crippen molar-refractivity contribution in [3.63, 3.8) is 0 Å². The number of aromatic carboxylic acids is 1. The summed E-state index contributed by atoms with van der Waals surface area (Å²) >= 11 is 0. The molecule has 6 nitrogen and oxygen atoms in total. The largest absolute Gasteiger partial charge is 0.478 e. The molecule has 0 amide bonds. The van der Waals surface area contributed by atoms with Gasteiger partial charge in [-0.3, -0.25) is 0 Å². The Labute approximate surface area is 147 Å². The number of sulfonamides is 1. The van der Waals surface area contributed by atoms with Gasteiger partial charge in [0.2, 0.25) is 10.0 Å². The SMILES string of the molecule is Cc1oc(C)c(S(=O)(=O)NC(C)c2cccc(C(F)(F)F)c2)c1C(=O)O. The number of carboxylic acid groups (broad SMARTS) is 1. The van der Waals surface area contributed by atoms with Crippen molar-refractivity contribution < 1.29 is 35.9 Å². The van der Waals surface area contributed by atoms with Crippen LogP contribution in [0, 0.1) is 13.8 Å². The minimum absolute atomic E-state index is 0.0814. The Bertz CT molecular complexity index is 947. The van der Waals surface area contributed by atoms with Crippen LogP contribution in [0.5, 0.6) is 0 Å². The molecular weight excluding hydrogens is 375 g/mol. The highest BCUT2D eigenvalue weighted by molar-refractivity contribution is 7.89. The van der Waals surface area contributed by atoms with Crippen molar-refractivity contribution in [1.82, 2.24) is 4.72 Å². The summed E-state index contributed by atoms with van der Waals surface area (Å²) in [5, 5.41) is 9.22. The first-order chi connectivity index (χ1) is 11.8. The molecule has 0 radical (unpaired) electrons. The summed E-state index contributed by atoms with van der Waals surface area (Å²) < 4.78 is 70.9. The quantitative estimate of drug-likeness (QED) is 0.811. The third kappa shape index (κ3) is 3.91. The second kappa shape index (κ2) is 6.76. The van der Waals surface area contributed by atoms with Gasteiger partial charge in [-0.2, -0.15) is 13.2 Å². The number of carbonyl (C=O) groups is 1. The fourth-order valence-electron chi connectivity index (χ4n) is 2.58. The Kier molecular flexibility index (Phi) is 5.20. The third-order valence-electron chi connectivity index (χ3n) is 3.73. The van der Waals surface area contributed by atoms with E-state index in [-0.39, 0.29) is 17.1 Å². The van der Waals surface area contributed by atoms with E-state index >= 15 is 0 Å². The van der Waals surface area contributed by atoms with E-state index in [2.05, 4.69) is 4.72 Å². The van der Waals surface area contributed by atoms with Crippen molar-refractivity contribution >= 4 is 16.0 Å². The predicted octanol–water partition coefficient (Wildman–Crippen LogP) is 3.65. The molecule has 0 spiro atoms.